The summed E-state index contributed by atoms with van der Waals surface area (Å²) in [5, 5.41) is 16.1. The molecule has 0 saturated heterocycles. The van der Waals surface area contributed by atoms with Gasteiger partial charge in [-0.1, -0.05) is 12.1 Å². The number of hydrogen-bond acceptors (Lipinski definition) is 8. The van der Waals surface area contributed by atoms with Gasteiger partial charge in [0.15, 0.2) is 0 Å². The Kier molecular flexibility index (Phi) is 5.14. The number of carbonyl (C=O) groups excluding carboxylic acids is 1. The summed E-state index contributed by atoms with van der Waals surface area (Å²) < 4.78 is 0. The van der Waals surface area contributed by atoms with Crippen LogP contribution in [-0.2, 0) is 0 Å². The Hall–Kier alpha value is -4.18. The molecule has 0 atom stereocenters. The number of nitro benzene ring substituents is 1. The van der Waals surface area contributed by atoms with Gasteiger partial charge in [0.2, 0.25) is 0 Å². The fourth-order valence-electron chi connectivity index (χ4n) is 2.73. The highest BCUT2D eigenvalue weighted by atomic mass is 32.1. The molecule has 2 heterocycles. The molecule has 2 aromatic carbocycles. The normalized spacial score (nSPS) is 10.5. The summed E-state index contributed by atoms with van der Waals surface area (Å²) in [6.45, 7) is 0. The van der Waals surface area contributed by atoms with E-state index in [0.29, 0.717) is 27.6 Å². The number of nitrogens with zero attached hydrogens (tertiary/aromatic N) is 4. The van der Waals surface area contributed by atoms with Gasteiger partial charge in [-0.05, 0) is 24.3 Å². The molecule has 10 heteroatoms. The first-order chi connectivity index (χ1) is 14.5. The summed E-state index contributed by atoms with van der Waals surface area (Å²) in [4.78, 5) is 35.2. The van der Waals surface area contributed by atoms with Gasteiger partial charge in [-0.3, -0.25) is 14.9 Å². The minimum absolute atomic E-state index is 0.0719. The number of aromatic nitrogens is 3. The number of nitrogen functional groups attached to an aromatic ring is 1. The third kappa shape index (κ3) is 3.98. The SMILES string of the molecule is Nc1ncncc1-c1nc(-c2cccc(NC(=O)c3ccc([N+](=O)[O-])cc3)c2)cs1. The lowest BCUT2D eigenvalue weighted by Crippen LogP contribution is -2.11. The molecular weight excluding hydrogens is 404 g/mol. The van der Waals surface area contributed by atoms with Gasteiger partial charge in [-0.2, -0.15) is 0 Å². The van der Waals surface area contributed by atoms with Gasteiger partial charge in [0, 0.05) is 40.5 Å². The van der Waals surface area contributed by atoms with E-state index in [-0.39, 0.29) is 11.6 Å². The number of non-ortho nitro benzene ring substituents is 1. The van der Waals surface area contributed by atoms with Gasteiger partial charge in [0.05, 0.1) is 16.2 Å². The highest BCUT2D eigenvalue weighted by Crippen LogP contribution is 2.31. The van der Waals surface area contributed by atoms with Gasteiger partial charge in [-0.15, -0.1) is 11.3 Å². The highest BCUT2D eigenvalue weighted by Gasteiger charge is 2.12. The molecule has 4 rings (SSSR count). The molecule has 1 amide bonds. The van der Waals surface area contributed by atoms with E-state index in [1.165, 1.54) is 41.9 Å². The van der Waals surface area contributed by atoms with Gasteiger partial charge < -0.3 is 11.1 Å². The van der Waals surface area contributed by atoms with Crippen molar-refractivity contribution >= 4 is 34.4 Å². The van der Waals surface area contributed by atoms with E-state index in [9.17, 15) is 14.9 Å². The third-order valence-electron chi connectivity index (χ3n) is 4.23. The number of hydrogen-bond donors (Lipinski definition) is 2. The average molecular weight is 418 g/mol. The lowest BCUT2D eigenvalue weighted by molar-refractivity contribution is -0.384. The van der Waals surface area contributed by atoms with Crippen molar-refractivity contribution in [2.75, 3.05) is 11.1 Å². The van der Waals surface area contributed by atoms with Crippen molar-refractivity contribution in [3.05, 3.63) is 82.1 Å². The zero-order valence-electron chi connectivity index (χ0n) is 15.4. The molecule has 2 aromatic heterocycles. The number of nitrogens with one attached hydrogen (secondary N) is 1. The summed E-state index contributed by atoms with van der Waals surface area (Å²) in [6, 6.07) is 12.6. The van der Waals surface area contributed by atoms with E-state index < -0.39 is 4.92 Å². The number of amides is 1. The van der Waals surface area contributed by atoms with E-state index in [0.717, 1.165) is 11.3 Å². The van der Waals surface area contributed by atoms with Crippen LogP contribution in [0.4, 0.5) is 17.2 Å². The maximum atomic E-state index is 12.4. The van der Waals surface area contributed by atoms with Gasteiger partial charge in [0.25, 0.3) is 11.6 Å². The summed E-state index contributed by atoms with van der Waals surface area (Å²) in [6.07, 6.45) is 3.00. The van der Waals surface area contributed by atoms with Crippen LogP contribution in [0.15, 0.2) is 66.4 Å². The topological polar surface area (TPSA) is 137 Å². The zero-order chi connectivity index (χ0) is 21.1. The first-order valence-electron chi connectivity index (χ1n) is 8.69. The van der Waals surface area contributed by atoms with Crippen molar-refractivity contribution < 1.29 is 9.72 Å². The molecule has 0 saturated carbocycles. The Labute approximate surface area is 174 Å². The largest absolute Gasteiger partial charge is 0.383 e. The number of nitrogens with two attached hydrogens (primary N) is 1. The standard InChI is InChI=1S/C20H14N6O3S/c21-18-16(9-22-11-23-18)20-25-17(10-30-20)13-2-1-3-14(8-13)24-19(27)12-4-6-15(7-5-12)26(28)29/h1-11H,(H,24,27)(H2,21,22,23). The summed E-state index contributed by atoms with van der Waals surface area (Å²) in [7, 11) is 0. The molecule has 148 valence electrons. The Balaban J connectivity index is 1.54. The van der Waals surface area contributed by atoms with Crippen molar-refractivity contribution in [1.82, 2.24) is 15.0 Å². The van der Waals surface area contributed by atoms with E-state index in [1.54, 1.807) is 24.4 Å². The molecule has 3 N–H and O–H groups in total. The summed E-state index contributed by atoms with van der Waals surface area (Å²) in [5.41, 5.74) is 8.92. The van der Waals surface area contributed by atoms with Crippen LogP contribution >= 0.6 is 11.3 Å². The molecule has 9 nitrogen and oxygen atoms in total. The van der Waals surface area contributed by atoms with E-state index >= 15 is 0 Å². The molecule has 0 aliphatic carbocycles. The van der Waals surface area contributed by atoms with E-state index in [4.69, 9.17) is 5.73 Å². The van der Waals surface area contributed by atoms with Crippen molar-refractivity contribution in [3.63, 3.8) is 0 Å². The lowest BCUT2D eigenvalue weighted by Gasteiger charge is -2.07. The molecule has 0 bridgehead atoms. The van der Waals surface area contributed by atoms with Crippen LogP contribution in [0.3, 0.4) is 0 Å². The predicted octanol–water partition coefficient (Wildman–Crippen LogP) is 4.01. The maximum Gasteiger partial charge on any atom is 0.269 e. The summed E-state index contributed by atoms with van der Waals surface area (Å²) >= 11 is 1.42. The number of benzene rings is 2. The molecule has 0 aliphatic rings. The van der Waals surface area contributed by atoms with Crippen LogP contribution in [-0.4, -0.2) is 25.8 Å². The van der Waals surface area contributed by atoms with Crippen molar-refractivity contribution in [2.45, 2.75) is 0 Å². The smallest absolute Gasteiger partial charge is 0.269 e. The number of carbonyl (C=O) groups is 1. The van der Waals surface area contributed by atoms with Crippen LogP contribution in [0.1, 0.15) is 10.4 Å². The van der Waals surface area contributed by atoms with Crippen LogP contribution in [0.5, 0.6) is 0 Å². The lowest BCUT2D eigenvalue weighted by atomic mass is 10.1. The zero-order valence-corrected chi connectivity index (χ0v) is 16.2. The molecule has 0 spiro atoms. The second kappa shape index (κ2) is 8.05. The quantitative estimate of drug-likeness (QED) is 0.369. The average Bonchev–Trinajstić information content (AvgIpc) is 3.24. The summed E-state index contributed by atoms with van der Waals surface area (Å²) in [5.74, 6) is -0.00904. The fraction of sp³-hybridized carbons (Fsp3) is 0. The molecule has 4 aromatic rings. The van der Waals surface area contributed by atoms with Crippen molar-refractivity contribution in [2.24, 2.45) is 0 Å². The second-order valence-corrected chi connectivity index (χ2v) is 7.06. The van der Waals surface area contributed by atoms with Crippen molar-refractivity contribution in [3.8, 4) is 21.8 Å². The minimum atomic E-state index is -0.511. The molecular formula is C20H14N6O3S. The minimum Gasteiger partial charge on any atom is -0.383 e. The number of anilines is 2. The second-order valence-electron chi connectivity index (χ2n) is 6.20. The van der Waals surface area contributed by atoms with Gasteiger partial charge in [-0.25, -0.2) is 15.0 Å². The first kappa shape index (κ1) is 19.2. The third-order valence-corrected chi connectivity index (χ3v) is 5.11. The first-order valence-corrected chi connectivity index (χ1v) is 9.57. The Bertz CT molecular complexity index is 1240. The molecule has 30 heavy (non-hydrogen) atoms. The van der Waals surface area contributed by atoms with Gasteiger partial charge >= 0.3 is 0 Å². The van der Waals surface area contributed by atoms with Crippen LogP contribution < -0.4 is 11.1 Å². The predicted molar refractivity (Wildman–Crippen MR) is 114 cm³/mol. The van der Waals surface area contributed by atoms with Gasteiger partial charge in [0.1, 0.15) is 17.2 Å². The fourth-order valence-corrected chi connectivity index (χ4v) is 3.58. The Morgan fingerprint density at radius 1 is 1.17 bits per heavy atom. The Morgan fingerprint density at radius 2 is 1.97 bits per heavy atom. The highest BCUT2D eigenvalue weighted by molar-refractivity contribution is 7.13. The molecule has 0 unspecified atom stereocenters. The number of thiazole rings is 1. The molecule has 0 aliphatic heterocycles. The maximum absolute atomic E-state index is 12.4. The van der Waals surface area contributed by atoms with E-state index in [1.807, 2.05) is 11.4 Å². The number of nitro groups is 1. The molecule has 0 fully saturated rings. The number of rotatable bonds is 5. The Morgan fingerprint density at radius 3 is 2.70 bits per heavy atom. The van der Waals surface area contributed by atoms with Crippen LogP contribution in [0, 0.1) is 10.1 Å². The monoisotopic (exact) mass is 418 g/mol. The van der Waals surface area contributed by atoms with E-state index in [2.05, 4.69) is 20.3 Å². The van der Waals surface area contributed by atoms with Crippen molar-refractivity contribution in [1.29, 1.82) is 0 Å². The van der Waals surface area contributed by atoms with Crippen LogP contribution in [0.25, 0.3) is 21.8 Å². The van der Waals surface area contributed by atoms with Crippen LogP contribution in [0.2, 0.25) is 0 Å². The molecule has 0 radical (unpaired) electrons.